The molecule has 7 nitrogen and oxygen atoms in total. The van der Waals surface area contributed by atoms with E-state index in [9.17, 15) is 14.9 Å². The predicted molar refractivity (Wildman–Crippen MR) is 76.4 cm³/mol. The van der Waals surface area contributed by atoms with Crippen LogP contribution in [0.3, 0.4) is 0 Å². The molecule has 1 aromatic carbocycles. The van der Waals surface area contributed by atoms with E-state index in [1.165, 1.54) is 11.6 Å². The molecule has 0 spiro atoms. The van der Waals surface area contributed by atoms with Gasteiger partial charge in [-0.2, -0.15) is 0 Å². The summed E-state index contributed by atoms with van der Waals surface area (Å²) in [4.78, 5) is 21.7. The summed E-state index contributed by atoms with van der Waals surface area (Å²) in [6, 6.07) is 10.4. The summed E-state index contributed by atoms with van der Waals surface area (Å²) in [7, 11) is 0. The topological polar surface area (TPSA) is 94.6 Å². The lowest BCUT2D eigenvalue weighted by Gasteiger charge is -2.25. The fraction of sp³-hybridized carbons (Fsp3) is 0.267. The van der Waals surface area contributed by atoms with Crippen molar-refractivity contribution in [3.8, 4) is 0 Å². The number of carbonyl (C=O) groups is 1. The quantitative estimate of drug-likeness (QED) is 0.689. The van der Waals surface area contributed by atoms with E-state index in [-0.39, 0.29) is 11.9 Å². The van der Waals surface area contributed by atoms with Crippen molar-refractivity contribution in [3.05, 3.63) is 63.4 Å². The Morgan fingerprint density at radius 2 is 2.05 bits per heavy atom. The van der Waals surface area contributed by atoms with Crippen LogP contribution >= 0.6 is 0 Å². The van der Waals surface area contributed by atoms with Gasteiger partial charge in [0.05, 0.1) is 18.8 Å². The molecule has 1 amide bonds. The maximum Gasteiger partial charge on any atom is 0.433 e. The Hall–Kier alpha value is -2.67. The van der Waals surface area contributed by atoms with E-state index >= 15 is 0 Å². The summed E-state index contributed by atoms with van der Waals surface area (Å²) < 4.78 is 10.5. The highest BCUT2D eigenvalue weighted by Gasteiger charge is 2.21. The predicted octanol–water partition coefficient (Wildman–Crippen LogP) is 2.06. The molecule has 1 aromatic heterocycles. The number of hydrogen-bond acceptors (Lipinski definition) is 5. The molecule has 0 saturated carbocycles. The van der Waals surface area contributed by atoms with Gasteiger partial charge < -0.3 is 14.5 Å². The Labute approximate surface area is 126 Å². The smallest absolute Gasteiger partial charge is 0.395 e. The largest absolute Gasteiger partial charge is 0.433 e. The Bertz CT molecular complexity index is 709. The molecule has 0 fully saturated rings. The summed E-state index contributed by atoms with van der Waals surface area (Å²) >= 11 is 0. The molecule has 1 aliphatic heterocycles. The molecular weight excluding hydrogens is 288 g/mol. The second-order valence-electron chi connectivity index (χ2n) is 5.01. The van der Waals surface area contributed by atoms with E-state index in [1.54, 1.807) is 0 Å². The van der Waals surface area contributed by atoms with Crippen molar-refractivity contribution in [2.45, 2.75) is 19.1 Å². The van der Waals surface area contributed by atoms with E-state index in [0.29, 0.717) is 13.2 Å². The lowest BCUT2D eigenvalue weighted by atomic mass is 9.99. The molecule has 2 heterocycles. The van der Waals surface area contributed by atoms with Crippen molar-refractivity contribution in [2.75, 3.05) is 6.54 Å². The van der Waals surface area contributed by atoms with Crippen molar-refractivity contribution in [1.29, 1.82) is 0 Å². The minimum absolute atomic E-state index is 0.0806. The minimum Gasteiger partial charge on any atom is -0.395 e. The zero-order valence-corrected chi connectivity index (χ0v) is 11.7. The second-order valence-corrected chi connectivity index (χ2v) is 5.01. The van der Waals surface area contributed by atoms with Crippen LogP contribution in [0.1, 0.15) is 21.7 Å². The second kappa shape index (κ2) is 5.98. The van der Waals surface area contributed by atoms with Gasteiger partial charge in [0.25, 0.3) is 5.91 Å². The van der Waals surface area contributed by atoms with E-state index in [4.69, 9.17) is 9.15 Å². The molecule has 7 heteroatoms. The minimum atomic E-state index is -0.683. The van der Waals surface area contributed by atoms with Crippen LogP contribution in [0.15, 0.2) is 40.8 Å². The SMILES string of the molecule is O=C(NCC1Cc2ccccc2CO1)c1ccc([N+](=O)[O-])o1. The third kappa shape index (κ3) is 2.99. The van der Waals surface area contributed by atoms with Crippen LogP contribution in [-0.2, 0) is 17.8 Å². The fourth-order valence-corrected chi connectivity index (χ4v) is 2.38. The molecule has 3 rings (SSSR count). The maximum absolute atomic E-state index is 11.9. The van der Waals surface area contributed by atoms with Gasteiger partial charge in [-0.05, 0) is 17.2 Å². The molecule has 0 radical (unpaired) electrons. The summed E-state index contributed by atoms with van der Waals surface area (Å²) in [5, 5.41) is 13.2. The van der Waals surface area contributed by atoms with Gasteiger partial charge in [-0.1, -0.05) is 24.3 Å². The van der Waals surface area contributed by atoms with Crippen molar-refractivity contribution < 1.29 is 18.9 Å². The fourth-order valence-electron chi connectivity index (χ4n) is 2.38. The molecule has 1 N–H and O–H groups in total. The van der Waals surface area contributed by atoms with E-state index in [2.05, 4.69) is 5.32 Å². The Morgan fingerprint density at radius 3 is 2.77 bits per heavy atom. The number of furan rings is 1. The number of amides is 1. The van der Waals surface area contributed by atoms with Crippen molar-refractivity contribution in [1.82, 2.24) is 5.32 Å². The van der Waals surface area contributed by atoms with Crippen molar-refractivity contribution in [3.63, 3.8) is 0 Å². The molecule has 0 aliphatic carbocycles. The number of nitrogens with one attached hydrogen (secondary N) is 1. The monoisotopic (exact) mass is 302 g/mol. The third-order valence-electron chi connectivity index (χ3n) is 3.53. The van der Waals surface area contributed by atoms with Gasteiger partial charge in [0.1, 0.15) is 4.92 Å². The molecule has 1 atom stereocenters. The highest BCUT2D eigenvalue weighted by molar-refractivity contribution is 5.91. The van der Waals surface area contributed by atoms with E-state index in [1.807, 2.05) is 24.3 Å². The van der Waals surface area contributed by atoms with E-state index < -0.39 is 16.7 Å². The molecule has 0 saturated heterocycles. The average Bonchev–Trinajstić information content (AvgIpc) is 3.03. The summed E-state index contributed by atoms with van der Waals surface area (Å²) in [6.45, 7) is 0.838. The Kier molecular flexibility index (Phi) is 3.88. The molecule has 2 aromatic rings. The third-order valence-corrected chi connectivity index (χ3v) is 3.53. The molecule has 1 unspecified atom stereocenters. The number of nitro groups is 1. The number of rotatable bonds is 4. The standard InChI is InChI=1S/C15H14N2O5/c18-15(13-5-6-14(22-13)17(19)20)16-8-12-7-10-3-1-2-4-11(10)9-21-12/h1-6,12H,7-9H2,(H,16,18). The number of carbonyl (C=O) groups excluding carboxylic acids is 1. The van der Waals surface area contributed by atoms with Crippen molar-refractivity contribution in [2.24, 2.45) is 0 Å². The van der Waals surface area contributed by atoms with Gasteiger partial charge in [0, 0.05) is 13.0 Å². The number of fused-ring (bicyclic) bond motifs is 1. The molecule has 22 heavy (non-hydrogen) atoms. The molecular formula is C15H14N2O5. The lowest BCUT2D eigenvalue weighted by Crippen LogP contribution is -2.36. The number of hydrogen-bond donors (Lipinski definition) is 1. The number of benzene rings is 1. The average molecular weight is 302 g/mol. The molecule has 0 bridgehead atoms. The zero-order valence-electron chi connectivity index (χ0n) is 11.7. The summed E-state index contributed by atoms with van der Waals surface area (Å²) in [5.41, 5.74) is 2.37. The van der Waals surface area contributed by atoms with Gasteiger partial charge in [-0.15, -0.1) is 0 Å². The summed E-state index contributed by atoms with van der Waals surface area (Å²) in [5.74, 6) is -1.02. The molecule has 114 valence electrons. The van der Waals surface area contributed by atoms with Gasteiger partial charge >= 0.3 is 5.88 Å². The van der Waals surface area contributed by atoms with Crippen LogP contribution in [0, 0.1) is 10.1 Å². The first-order valence-electron chi connectivity index (χ1n) is 6.84. The van der Waals surface area contributed by atoms with Crippen molar-refractivity contribution >= 4 is 11.8 Å². The van der Waals surface area contributed by atoms with Crippen LogP contribution < -0.4 is 5.32 Å². The van der Waals surface area contributed by atoms with Crippen LogP contribution in [0.4, 0.5) is 5.88 Å². The van der Waals surface area contributed by atoms with Crippen LogP contribution in [0.25, 0.3) is 0 Å². The summed E-state index contributed by atoms with van der Waals surface area (Å²) in [6.07, 6.45) is 0.596. The van der Waals surface area contributed by atoms with Gasteiger partial charge in [-0.25, -0.2) is 0 Å². The van der Waals surface area contributed by atoms with Gasteiger partial charge in [0.2, 0.25) is 0 Å². The zero-order chi connectivity index (χ0) is 15.5. The van der Waals surface area contributed by atoms with Crippen LogP contribution in [0.2, 0.25) is 0 Å². The normalized spacial score (nSPS) is 16.8. The molecule has 1 aliphatic rings. The van der Waals surface area contributed by atoms with Gasteiger partial charge in [0.15, 0.2) is 5.76 Å². The van der Waals surface area contributed by atoms with Gasteiger partial charge in [-0.3, -0.25) is 14.9 Å². The van der Waals surface area contributed by atoms with Crippen LogP contribution in [0.5, 0.6) is 0 Å². The first-order valence-corrected chi connectivity index (χ1v) is 6.84. The van der Waals surface area contributed by atoms with E-state index in [0.717, 1.165) is 18.1 Å². The highest BCUT2D eigenvalue weighted by Crippen LogP contribution is 2.20. The first kappa shape index (κ1) is 14.3. The number of nitrogens with zero attached hydrogens (tertiary/aromatic N) is 1. The Morgan fingerprint density at radius 1 is 1.27 bits per heavy atom. The van der Waals surface area contributed by atoms with Crippen LogP contribution in [-0.4, -0.2) is 23.5 Å². The maximum atomic E-state index is 11.9. The number of ether oxygens (including phenoxy) is 1. The first-order chi connectivity index (χ1) is 10.6. The lowest BCUT2D eigenvalue weighted by molar-refractivity contribution is -0.402. The highest BCUT2D eigenvalue weighted by atomic mass is 16.6. The Balaban J connectivity index is 1.56.